The number of amides is 2. The number of hydrazine groups is 2. The molecule has 2 aliphatic heterocycles. The van der Waals surface area contributed by atoms with Gasteiger partial charge in [-0.15, -0.1) is 0 Å². The number of methoxy groups -OCH3 is 2. The molecule has 5 rings (SSSR count). The summed E-state index contributed by atoms with van der Waals surface area (Å²) in [4.78, 5) is 26.0. The van der Waals surface area contributed by atoms with Crippen molar-refractivity contribution >= 4 is 11.8 Å². The molecule has 2 aromatic rings. The summed E-state index contributed by atoms with van der Waals surface area (Å²) in [5.41, 5.74) is 7.64. The van der Waals surface area contributed by atoms with Crippen molar-refractivity contribution in [2.45, 2.75) is 44.1 Å². The fourth-order valence-electron chi connectivity index (χ4n) is 5.45. The number of hydrogen-bond donors (Lipinski definition) is 4. The second kappa shape index (κ2) is 9.80. The molecular weight excluding hydrogens is 453 g/mol. The van der Waals surface area contributed by atoms with Crippen molar-refractivity contribution in [2.75, 3.05) is 14.2 Å². The average Bonchev–Trinajstić information content (AvgIpc) is 3.30. The molecule has 186 valence electrons. The zero-order chi connectivity index (χ0) is 24.5. The molecule has 0 aromatic heterocycles. The fraction of sp³-hybridized carbons (Fsp3) is 0.440. The standard InChI is InChI=1S/C25H30FN5O4/c1-34-20-10-7-14(11-21(20)35-2)13-27-24(32)15-8-9-17-19(12-15)31-23(28-25(17)33)22(29-30-31)16-5-3-4-6-18(16)26/h3-7,10-11,15,17,19,22-23,29-30H,8-9,12-13H2,1-2H3,(H,27,32)(H,28,33). The number of halogens is 1. The molecule has 35 heavy (non-hydrogen) atoms. The molecule has 0 spiro atoms. The second-order valence-corrected chi connectivity index (χ2v) is 9.21. The van der Waals surface area contributed by atoms with Gasteiger partial charge in [0.2, 0.25) is 11.8 Å². The molecule has 5 atom stereocenters. The van der Waals surface area contributed by atoms with Gasteiger partial charge in [0.25, 0.3) is 0 Å². The Balaban J connectivity index is 1.25. The van der Waals surface area contributed by atoms with Gasteiger partial charge in [-0.2, -0.15) is 5.53 Å². The summed E-state index contributed by atoms with van der Waals surface area (Å²) in [6.45, 7) is 0.367. The lowest BCUT2D eigenvalue weighted by Crippen LogP contribution is -2.65. The van der Waals surface area contributed by atoms with Gasteiger partial charge in [-0.1, -0.05) is 24.3 Å². The number of nitrogens with zero attached hydrogens (tertiary/aromatic N) is 1. The monoisotopic (exact) mass is 483 g/mol. The number of carbonyl (C=O) groups excluding carboxylic acids is 2. The molecule has 3 aliphatic rings. The normalized spacial score (nSPS) is 28.0. The predicted molar refractivity (Wildman–Crippen MR) is 125 cm³/mol. The van der Waals surface area contributed by atoms with Gasteiger partial charge in [0.1, 0.15) is 12.0 Å². The second-order valence-electron chi connectivity index (χ2n) is 9.21. The summed E-state index contributed by atoms with van der Waals surface area (Å²) >= 11 is 0. The van der Waals surface area contributed by atoms with Crippen LogP contribution >= 0.6 is 0 Å². The van der Waals surface area contributed by atoms with E-state index in [1.54, 1.807) is 32.4 Å². The minimum absolute atomic E-state index is 0.0430. The van der Waals surface area contributed by atoms with E-state index in [1.807, 2.05) is 23.2 Å². The van der Waals surface area contributed by atoms with Gasteiger partial charge < -0.3 is 20.1 Å². The lowest BCUT2D eigenvalue weighted by molar-refractivity contribution is -0.143. The highest BCUT2D eigenvalue weighted by Gasteiger charge is 2.51. The van der Waals surface area contributed by atoms with Crippen LogP contribution in [0.15, 0.2) is 42.5 Å². The molecule has 0 bridgehead atoms. The number of rotatable bonds is 6. The van der Waals surface area contributed by atoms with Crippen molar-refractivity contribution in [2.24, 2.45) is 11.8 Å². The van der Waals surface area contributed by atoms with Crippen LogP contribution in [0.25, 0.3) is 0 Å². The van der Waals surface area contributed by atoms with E-state index in [4.69, 9.17) is 9.47 Å². The molecule has 1 aliphatic carbocycles. The third-order valence-electron chi connectivity index (χ3n) is 7.29. The Labute approximate surface area is 203 Å². The van der Waals surface area contributed by atoms with E-state index in [0.717, 1.165) is 5.56 Å². The first-order valence-corrected chi connectivity index (χ1v) is 11.8. The Morgan fingerprint density at radius 1 is 1.14 bits per heavy atom. The minimum Gasteiger partial charge on any atom is -0.493 e. The topological polar surface area (TPSA) is 104 Å². The lowest BCUT2D eigenvalue weighted by atomic mass is 9.75. The molecule has 2 amide bonds. The quantitative estimate of drug-likeness (QED) is 0.497. The number of ether oxygens (including phenoxy) is 2. The highest BCUT2D eigenvalue weighted by Crippen LogP contribution is 2.39. The van der Waals surface area contributed by atoms with Crippen LogP contribution in [-0.4, -0.2) is 43.3 Å². The van der Waals surface area contributed by atoms with Crippen LogP contribution in [-0.2, 0) is 16.1 Å². The highest BCUT2D eigenvalue weighted by molar-refractivity contribution is 5.83. The maximum Gasteiger partial charge on any atom is 0.226 e. The van der Waals surface area contributed by atoms with Crippen molar-refractivity contribution in [1.29, 1.82) is 0 Å². The van der Waals surface area contributed by atoms with Gasteiger partial charge in [-0.25, -0.2) is 14.8 Å². The van der Waals surface area contributed by atoms with Gasteiger partial charge in [-0.3, -0.25) is 9.59 Å². The Morgan fingerprint density at radius 3 is 2.71 bits per heavy atom. The zero-order valence-electron chi connectivity index (χ0n) is 19.7. The molecule has 2 saturated heterocycles. The summed E-state index contributed by atoms with van der Waals surface area (Å²) in [6, 6.07) is 11.4. The lowest BCUT2D eigenvalue weighted by Gasteiger charge is -2.46. The Kier molecular flexibility index (Phi) is 6.59. The van der Waals surface area contributed by atoms with E-state index in [2.05, 4.69) is 21.6 Å². The van der Waals surface area contributed by atoms with Crippen molar-refractivity contribution in [3.8, 4) is 11.5 Å². The maximum atomic E-state index is 14.4. The van der Waals surface area contributed by atoms with Gasteiger partial charge in [0.05, 0.1) is 26.2 Å². The molecule has 10 heteroatoms. The third-order valence-corrected chi connectivity index (χ3v) is 7.29. The maximum absolute atomic E-state index is 14.4. The van der Waals surface area contributed by atoms with Crippen LogP contribution in [0.1, 0.15) is 36.4 Å². The number of carbonyl (C=O) groups is 2. The summed E-state index contributed by atoms with van der Waals surface area (Å²) in [5, 5.41) is 8.00. The van der Waals surface area contributed by atoms with E-state index in [1.165, 1.54) is 6.07 Å². The van der Waals surface area contributed by atoms with Gasteiger partial charge >= 0.3 is 0 Å². The van der Waals surface area contributed by atoms with E-state index in [9.17, 15) is 14.0 Å². The molecule has 3 fully saturated rings. The van der Waals surface area contributed by atoms with Crippen molar-refractivity contribution in [3.63, 3.8) is 0 Å². The molecular formula is C25H30FN5O4. The first kappa shape index (κ1) is 23.5. The van der Waals surface area contributed by atoms with Crippen molar-refractivity contribution < 1.29 is 23.5 Å². The Hall–Kier alpha value is -3.21. The summed E-state index contributed by atoms with van der Waals surface area (Å²) in [6.07, 6.45) is 1.33. The smallest absolute Gasteiger partial charge is 0.226 e. The van der Waals surface area contributed by atoms with Crippen LogP contribution in [0.5, 0.6) is 11.5 Å². The SMILES string of the molecule is COc1ccc(CNC(=O)C2CCC3C(=O)NC4C(c5ccccc5F)NNN4C3C2)cc1OC. The fourth-order valence-corrected chi connectivity index (χ4v) is 5.45. The Bertz CT molecular complexity index is 1120. The highest BCUT2D eigenvalue weighted by atomic mass is 19.1. The van der Waals surface area contributed by atoms with Crippen LogP contribution in [0.4, 0.5) is 4.39 Å². The third kappa shape index (κ3) is 4.44. The number of fused-ring (bicyclic) bond motifs is 3. The summed E-state index contributed by atoms with van der Waals surface area (Å²) in [5.74, 6) is 0.362. The van der Waals surface area contributed by atoms with E-state index in [-0.39, 0.29) is 35.5 Å². The number of hydrogen-bond acceptors (Lipinski definition) is 7. The zero-order valence-corrected chi connectivity index (χ0v) is 19.7. The minimum atomic E-state index is -0.450. The number of nitrogens with one attached hydrogen (secondary N) is 4. The first-order valence-electron chi connectivity index (χ1n) is 11.8. The number of benzene rings is 2. The van der Waals surface area contributed by atoms with Crippen LogP contribution < -0.4 is 31.1 Å². The molecule has 2 heterocycles. The van der Waals surface area contributed by atoms with Gasteiger partial charge in [0, 0.05) is 24.1 Å². The van der Waals surface area contributed by atoms with E-state index < -0.39 is 12.2 Å². The summed E-state index contributed by atoms with van der Waals surface area (Å²) in [7, 11) is 3.15. The first-order chi connectivity index (χ1) is 17.0. The molecule has 4 N–H and O–H groups in total. The largest absolute Gasteiger partial charge is 0.493 e. The van der Waals surface area contributed by atoms with Gasteiger partial charge in [0.15, 0.2) is 11.5 Å². The van der Waals surface area contributed by atoms with Gasteiger partial charge in [-0.05, 0) is 43.0 Å². The molecule has 9 nitrogen and oxygen atoms in total. The molecule has 2 aromatic carbocycles. The van der Waals surface area contributed by atoms with E-state index in [0.29, 0.717) is 42.9 Å². The predicted octanol–water partition coefficient (Wildman–Crippen LogP) is 1.77. The molecule has 0 radical (unpaired) electrons. The average molecular weight is 484 g/mol. The van der Waals surface area contributed by atoms with Crippen molar-refractivity contribution in [3.05, 3.63) is 59.4 Å². The van der Waals surface area contributed by atoms with Crippen LogP contribution in [0.2, 0.25) is 0 Å². The van der Waals surface area contributed by atoms with Crippen molar-refractivity contribution in [1.82, 2.24) is 26.6 Å². The molecule has 1 saturated carbocycles. The Morgan fingerprint density at radius 2 is 1.94 bits per heavy atom. The van der Waals surface area contributed by atoms with E-state index >= 15 is 0 Å². The molecule has 5 unspecified atom stereocenters. The van der Waals surface area contributed by atoms with Crippen LogP contribution in [0, 0.1) is 17.7 Å². The van der Waals surface area contributed by atoms with Crippen LogP contribution in [0.3, 0.4) is 0 Å². The summed E-state index contributed by atoms with van der Waals surface area (Å²) < 4.78 is 25.1.